The molecule has 0 aliphatic rings. The fourth-order valence-electron chi connectivity index (χ4n) is 2.43. The molecule has 0 saturated heterocycles. The highest BCUT2D eigenvalue weighted by atomic mass is 19.1. The molecule has 0 aliphatic carbocycles. The molecule has 2 nitrogen and oxygen atoms in total. The van der Waals surface area contributed by atoms with Crippen LogP contribution in [0.3, 0.4) is 0 Å². The lowest BCUT2D eigenvalue weighted by atomic mass is 10.00. The maximum Gasteiger partial charge on any atom is 0.123 e. The number of aromatic nitrogens is 1. The third kappa shape index (κ3) is 3.64. The highest BCUT2D eigenvalue weighted by molar-refractivity contribution is 5.21. The van der Waals surface area contributed by atoms with Gasteiger partial charge in [-0.1, -0.05) is 26.0 Å². The molecule has 20 heavy (non-hydrogen) atoms. The van der Waals surface area contributed by atoms with Crippen molar-refractivity contribution in [1.82, 2.24) is 10.3 Å². The minimum atomic E-state index is -0.190. The monoisotopic (exact) mass is 272 g/mol. The molecule has 0 aliphatic heterocycles. The first-order chi connectivity index (χ1) is 9.74. The van der Waals surface area contributed by atoms with Gasteiger partial charge in [0.2, 0.25) is 0 Å². The molecule has 0 fully saturated rings. The molecule has 2 aromatic rings. The van der Waals surface area contributed by atoms with Crippen LogP contribution in [0, 0.1) is 5.82 Å². The molecular formula is C17H21FN2. The van der Waals surface area contributed by atoms with Gasteiger partial charge >= 0.3 is 0 Å². The van der Waals surface area contributed by atoms with E-state index in [0.29, 0.717) is 0 Å². The fourth-order valence-corrected chi connectivity index (χ4v) is 2.43. The minimum Gasteiger partial charge on any atom is -0.303 e. The van der Waals surface area contributed by atoms with Crippen LogP contribution in [0.2, 0.25) is 0 Å². The molecule has 2 rings (SSSR count). The van der Waals surface area contributed by atoms with Gasteiger partial charge in [0, 0.05) is 24.5 Å². The van der Waals surface area contributed by atoms with E-state index in [-0.39, 0.29) is 17.9 Å². The summed E-state index contributed by atoms with van der Waals surface area (Å²) in [6.07, 6.45) is 5.60. The lowest BCUT2D eigenvalue weighted by molar-refractivity contribution is 0.425. The minimum absolute atomic E-state index is 0.190. The fraction of sp³-hybridized carbons (Fsp3) is 0.353. The van der Waals surface area contributed by atoms with E-state index in [9.17, 15) is 4.39 Å². The number of rotatable bonds is 6. The number of hydrogen-bond donors (Lipinski definition) is 1. The Hall–Kier alpha value is -1.74. The van der Waals surface area contributed by atoms with E-state index in [1.165, 1.54) is 17.7 Å². The van der Waals surface area contributed by atoms with Gasteiger partial charge in [0.05, 0.1) is 0 Å². The average molecular weight is 272 g/mol. The van der Waals surface area contributed by atoms with Gasteiger partial charge in [-0.3, -0.25) is 4.98 Å². The van der Waals surface area contributed by atoms with Gasteiger partial charge in [0.25, 0.3) is 0 Å². The van der Waals surface area contributed by atoms with Crippen molar-refractivity contribution < 1.29 is 4.39 Å². The molecule has 0 saturated carbocycles. The van der Waals surface area contributed by atoms with Crippen LogP contribution < -0.4 is 5.32 Å². The molecule has 0 amide bonds. The summed E-state index contributed by atoms with van der Waals surface area (Å²) in [6.45, 7) is 4.30. The Morgan fingerprint density at radius 3 is 1.90 bits per heavy atom. The van der Waals surface area contributed by atoms with Crippen LogP contribution in [-0.2, 0) is 0 Å². The smallest absolute Gasteiger partial charge is 0.123 e. The Kier molecular flexibility index (Phi) is 5.24. The molecule has 1 aromatic heterocycles. The Morgan fingerprint density at radius 1 is 0.900 bits per heavy atom. The lowest BCUT2D eigenvalue weighted by Crippen LogP contribution is -2.25. The zero-order chi connectivity index (χ0) is 14.4. The Morgan fingerprint density at radius 2 is 1.40 bits per heavy atom. The topological polar surface area (TPSA) is 24.9 Å². The standard InChI is InChI=1S/C17H21FN2/c1-3-16(13-5-7-15(18)8-6-13)20-17(4-2)14-9-11-19-12-10-14/h5-12,16-17,20H,3-4H2,1-2H3/t16-,17-/m0/s1. The summed E-state index contributed by atoms with van der Waals surface area (Å²) in [7, 11) is 0. The third-order valence-electron chi connectivity index (χ3n) is 3.60. The van der Waals surface area contributed by atoms with Gasteiger partial charge in [-0.2, -0.15) is 0 Å². The second-order valence-corrected chi connectivity index (χ2v) is 4.92. The SMILES string of the molecule is CC[C@H](N[C@@H](CC)c1ccc(F)cc1)c1ccncc1. The van der Waals surface area contributed by atoms with E-state index >= 15 is 0 Å². The van der Waals surface area contributed by atoms with Gasteiger partial charge in [-0.05, 0) is 48.2 Å². The number of nitrogens with one attached hydrogen (secondary N) is 1. The van der Waals surface area contributed by atoms with Crippen LogP contribution in [0.25, 0.3) is 0 Å². The molecule has 0 radical (unpaired) electrons. The number of hydrogen-bond acceptors (Lipinski definition) is 2. The Balaban J connectivity index is 2.14. The zero-order valence-corrected chi connectivity index (χ0v) is 12.0. The van der Waals surface area contributed by atoms with Crippen LogP contribution >= 0.6 is 0 Å². The summed E-state index contributed by atoms with van der Waals surface area (Å²) in [5.74, 6) is -0.190. The van der Waals surface area contributed by atoms with Crippen LogP contribution in [-0.4, -0.2) is 4.98 Å². The molecule has 0 spiro atoms. The Labute approximate surface area is 120 Å². The normalized spacial score (nSPS) is 13.9. The average Bonchev–Trinajstić information content (AvgIpc) is 2.51. The van der Waals surface area contributed by atoms with Crippen molar-refractivity contribution in [1.29, 1.82) is 0 Å². The zero-order valence-electron chi connectivity index (χ0n) is 12.0. The molecule has 1 heterocycles. The molecule has 2 atom stereocenters. The maximum atomic E-state index is 13.0. The van der Waals surface area contributed by atoms with E-state index in [1.54, 1.807) is 0 Å². The largest absolute Gasteiger partial charge is 0.303 e. The summed E-state index contributed by atoms with van der Waals surface area (Å²) in [5, 5.41) is 3.66. The van der Waals surface area contributed by atoms with E-state index < -0.39 is 0 Å². The van der Waals surface area contributed by atoms with Gasteiger partial charge in [0.1, 0.15) is 5.82 Å². The summed E-state index contributed by atoms with van der Waals surface area (Å²) in [4.78, 5) is 4.06. The molecule has 106 valence electrons. The van der Waals surface area contributed by atoms with Crippen molar-refractivity contribution in [2.24, 2.45) is 0 Å². The molecule has 3 heteroatoms. The van der Waals surface area contributed by atoms with Crippen LogP contribution in [0.5, 0.6) is 0 Å². The van der Waals surface area contributed by atoms with Crippen molar-refractivity contribution in [2.45, 2.75) is 38.8 Å². The van der Waals surface area contributed by atoms with Crippen LogP contribution in [0.4, 0.5) is 4.39 Å². The third-order valence-corrected chi connectivity index (χ3v) is 3.60. The number of benzene rings is 1. The summed E-state index contributed by atoms with van der Waals surface area (Å²) < 4.78 is 13.0. The van der Waals surface area contributed by atoms with Crippen molar-refractivity contribution in [3.63, 3.8) is 0 Å². The first-order valence-electron chi connectivity index (χ1n) is 7.16. The van der Waals surface area contributed by atoms with Crippen molar-refractivity contribution in [3.05, 3.63) is 65.7 Å². The molecular weight excluding hydrogens is 251 g/mol. The predicted molar refractivity (Wildman–Crippen MR) is 79.8 cm³/mol. The van der Waals surface area contributed by atoms with Crippen LogP contribution in [0.15, 0.2) is 48.8 Å². The van der Waals surface area contributed by atoms with Crippen LogP contribution in [0.1, 0.15) is 49.9 Å². The van der Waals surface area contributed by atoms with E-state index in [2.05, 4.69) is 24.1 Å². The second kappa shape index (κ2) is 7.15. The lowest BCUT2D eigenvalue weighted by Gasteiger charge is -2.25. The molecule has 0 unspecified atom stereocenters. The first-order valence-corrected chi connectivity index (χ1v) is 7.16. The van der Waals surface area contributed by atoms with Crippen molar-refractivity contribution in [3.8, 4) is 0 Å². The highest BCUT2D eigenvalue weighted by Crippen LogP contribution is 2.24. The summed E-state index contributed by atoms with van der Waals surface area (Å²) in [6, 6.07) is 11.4. The Bertz CT molecular complexity index is 510. The van der Waals surface area contributed by atoms with Crippen molar-refractivity contribution in [2.75, 3.05) is 0 Å². The number of pyridine rings is 1. The van der Waals surface area contributed by atoms with Gasteiger partial charge in [0.15, 0.2) is 0 Å². The number of nitrogens with zero attached hydrogens (tertiary/aromatic N) is 1. The quantitative estimate of drug-likeness (QED) is 0.842. The van der Waals surface area contributed by atoms with E-state index in [1.807, 2.05) is 36.7 Å². The van der Waals surface area contributed by atoms with Gasteiger partial charge in [-0.15, -0.1) is 0 Å². The van der Waals surface area contributed by atoms with Gasteiger partial charge < -0.3 is 5.32 Å². The van der Waals surface area contributed by atoms with Crippen molar-refractivity contribution >= 4 is 0 Å². The summed E-state index contributed by atoms with van der Waals surface area (Å²) >= 11 is 0. The first kappa shape index (κ1) is 14.7. The molecule has 0 bridgehead atoms. The van der Waals surface area contributed by atoms with E-state index in [4.69, 9.17) is 0 Å². The van der Waals surface area contributed by atoms with E-state index in [0.717, 1.165) is 18.4 Å². The maximum absolute atomic E-state index is 13.0. The summed E-state index contributed by atoms with van der Waals surface area (Å²) in [5.41, 5.74) is 2.37. The highest BCUT2D eigenvalue weighted by Gasteiger charge is 2.15. The number of halogens is 1. The second-order valence-electron chi connectivity index (χ2n) is 4.92. The predicted octanol–water partition coefficient (Wildman–Crippen LogP) is 4.41. The van der Waals surface area contributed by atoms with Gasteiger partial charge in [-0.25, -0.2) is 4.39 Å². The molecule has 1 aromatic carbocycles. The molecule has 1 N–H and O–H groups in total.